The molecule has 0 bridgehead atoms. The first-order valence-electron chi connectivity index (χ1n) is 11.1. The number of anilines is 1. The number of aromatic nitrogens is 2. The molecule has 7 heteroatoms. The van der Waals surface area contributed by atoms with Gasteiger partial charge in [0.2, 0.25) is 5.43 Å². The molecule has 1 aliphatic rings. The van der Waals surface area contributed by atoms with Gasteiger partial charge in [0.1, 0.15) is 5.75 Å². The van der Waals surface area contributed by atoms with Crippen LogP contribution in [-0.4, -0.2) is 22.6 Å². The van der Waals surface area contributed by atoms with Gasteiger partial charge in [-0.25, -0.2) is 0 Å². The fourth-order valence-corrected chi connectivity index (χ4v) is 4.04. The Hall–Kier alpha value is -3.35. The zero-order valence-corrected chi connectivity index (χ0v) is 18.9. The van der Waals surface area contributed by atoms with E-state index in [4.69, 9.17) is 16.3 Å². The van der Waals surface area contributed by atoms with Gasteiger partial charge in [-0.15, -0.1) is 0 Å². The van der Waals surface area contributed by atoms with Gasteiger partial charge in [-0.2, -0.15) is 0 Å². The Labute approximate surface area is 197 Å². The Balaban J connectivity index is 1.21. The number of pyridine rings is 2. The summed E-state index contributed by atoms with van der Waals surface area (Å²) in [6.45, 7) is 2.11. The normalized spacial score (nSPS) is 13.2. The third-order valence-electron chi connectivity index (χ3n) is 5.67. The summed E-state index contributed by atoms with van der Waals surface area (Å²) in [4.78, 5) is 17.0. The standard InChI is InChI=1S/C26H25ClN4O2/c27-18-6-9-22-23(10-11-29-24(22)14-18)30-13-12-28-16-20-15-25(32)26(17-31(20)19-7-8-19)33-21-4-2-1-3-5-21/h1-6,9-11,14-15,17,19,28H,7-8,12-13,16H2,(H,29,30). The molecule has 1 saturated carbocycles. The van der Waals surface area contributed by atoms with Crippen molar-refractivity contribution in [2.24, 2.45) is 0 Å². The van der Waals surface area contributed by atoms with Gasteiger partial charge in [-0.05, 0) is 49.2 Å². The van der Waals surface area contributed by atoms with Gasteiger partial charge in [0.05, 0.1) is 11.7 Å². The maximum Gasteiger partial charge on any atom is 0.224 e. The van der Waals surface area contributed by atoms with Crippen molar-refractivity contribution in [3.05, 3.63) is 94.0 Å². The molecule has 168 valence electrons. The Morgan fingerprint density at radius 3 is 2.73 bits per heavy atom. The van der Waals surface area contributed by atoms with Crippen LogP contribution in [0, 0.1) is 0 Å². The Morgan fingerprint density at radius 1 is 1.06 bits per heavy atom. The highest BCUT2D eigenvalue weighted by atomic mass is 35.5. The van der Waals surface area contributed by atoms with Crippen LogP contribution in [0.15, 0.2) is 77.9 Å². The lowest BCUT2D eigenvalue weighted by molar-refractivity contribution is 0.466. The second-order valence-corrected chi connectivity index (χ2v) is 8.61. The molecular weight excluding hydrogens is 436 g/mol. The molecule has 0 unspecified atom stereocenters. The zero-order chi connectivity index (χ0) is 22.6. The molecule has 1 aliphatic carbocycles. The van der Waals surface area contributed by atoms with E-state index in [1.165, 1.54) is 0 Å². The van der Waals surface area contributed by atoms with Gasteiger partial charge >= 0.3 is 0 Å². The minimum absolute atomic E-state index is 0.104. The van der Waals surface area contributed by atoms with E-state index in [9.17, 15) is 4.79 Å². The number of benzene rings is 2. The zero-order valence-electron chi connectivity index (χ0n) is 18.1. The second-order valence-electron chi connectivity index (χ2n) is 8.17. The van der Waals surface area contributed by atoms with Gasteiger partial charge in [0.15, 0.2) is 5.75 Å². The summed E-state index contributed by atoms with van der Waals surface area (Å²) >= 11 is 6.07. The minimum atomic E-state index is -0.104. The van der Waals surface area contributed by atoms with Crippen LogP contribution in [0.5, 0.6) is 11.5 Å². The molecule has 4 aromatic rings. The summed E-state index contributed by atoms with van der Waals surface area (Å²) in [6, 6.07) is 19.2. The van der Waals surface area contributed by atoms with Crippen molar-refractivity contribution in [3.8, 4) is 11.5 Å². The molecular formula is C26H25ClN4O2. The third-order valence-corrected chi connectivity index (χ3v) is 5.90. The first-order chi connectivity index (χ1) is 16.2. The highest BCUT2D eigenvalue weighted by molar-refractivity contribution is 6.31. The van der Waals surface area contributed by atoms with Crippen molar-refractivity contribution < 1.29 is 4.74 Å². The lowest BCUT2D eigenvalue weighted by Crippen LogP contribution is -2.25. The summed E-state index contributed by atoms with van der Waals surface area (Å²) in [7, 11) is 0. The molecule has 6 nitrogen and oxygen atoms in total. The van der Waals surface area contributed by atoms with Crippen molar-refractivity contribution in [2.45, 2.75) is 25.4 Å². The van der Waals surface area contributed by atoms with Gasteiger partial charge in [-0.3, -0.25) is 9.78 Å². The molecule has 2 aromatic carbocycles. The number of nitrogens with one attached hydrogen (secondary N) is 2. The lowest BCUT2D eigenvalue weighted by Gasteiger charge is -2.16. The van der Waals surface area contributed by atoms with E-state index in [0.717, 1.165) is 48.2 Å². The van der Waals surface area contributed by atoms with E-state index < -0.39 is 0 Å². The van der Waals surface area contributed by atoms with Crippen LogP contribution < -0.4 is 20.8 Å². The molecule has 1 fully saturated rings. The Morgan fingerprint density at radius 2 is 1.91 bits per heavy atom. The van der Waals surface area contributed by atoms with Gasteiger partial charge < -0.3 is 19.9 Å². The summed E-state index contributed by atoms with van der Waals surface area (Å²) in [5.41, 5.74) is 2.77. The van der Waals surface area contributed by atoms with Crippen LogP contribution in [0.25, 0.3) is 10.9 Å². The van der Waals surface area contributed by atoms with Gasteiger partial charge in [-0.1, -0.05) is 29.8 Å². The first-order valence-corrected chi connectivity index (χ1v) is 11.5. The summed E-state index contributed by atoms with van der Waals surface area (Å²) in [5, 5.41) is 8.62. The van der Waals surface area contributed by atoms with Gasteiger partial charge in [0, 0.05) is 59.7 Å². The Bertz CT molecular complexity index is 1320. The predicted molar refractivity (Wildman–Crippen MR) is 132 cm³/mol. The highest BCUT2D eigenvalue weighted by Gasteiger charge is 2.25. The summed E-state index contributed by atoms with van der Waals surface area (Å²) in [5.74, 6) is 1.03. The topological polar surface area (TPSA) is 68.2 Å². The molecule has 33 heavy (non-hydrogen) atoms. The molecule has 0 amide bonds. The molecule has 2 N–H and O–H groups in total. The van der Waals surface area contributed by atoms with E-state index in [-0.39, 0.29) is 5.43 Å². The van der Waals surface area contributed by atoms with Crippen molar-refractivity contribution in [1.82, 2.24) is 14.9 Å². The Kier molecular flexibility index (Phi) is 6.28. The number of fused-ring (bicyclic) bond motifs is 1. The number of nitrogens with zero attached hydrogens (tertiary/aromatic N) is 2. The second kappa shape index (κ2) is 9.65. The number of ether oxygens (including phenoxy) is 1. The molecule has 0 saturated heterocycles. The average molecular weight is 461 g/mol. The monoisotopic (exact) mass is 460 g/mol. The number of hydrogen-bond acceptors (Lipinski definition) is 5. The molecule has 5 rings (SSSR count). The maximum atomic E-state index is 12.7. The molecule has 2 heterocycles. The molecule has 2 aromatic heterocycles. The first kappa shape index (κ1) is 21.5. The number of halogens is 1. The van der Waals surface area contributed by atoms with Crippen LogP contribution in [0.4, 0.5) is 5.69 Å². The molecule has 0 radical (unpaired) electrons. The van der Waals surface area contributed by atoms with Crippen LogP contribution in [0.2, 0.25) is 5.02 Å². The maximum absolute atomic E-state index is 12.7. The van der Waals surface area contributed by atoms with Gasteiger partial charge in [0.25, 0.3) is 0 Å². The highest BCUT2D eigenvalue weighted by Crippen LogP contribution is 2.36. The van der Waals surface area contributed by atoms with Crippen molar-refractivity contribution in [3.63, 3.8) is 0 Å². The predicted octanol–water partition coefficient (Wildman–Crippen LogP) is 5.38. The van der Waals surface area contributed by atoms with Crippen molar-refractivity contribution in [2.75, 3.05) is 18.4 Å². The number of hydrogen-bond donors (Lipinski definition) is 2. The number of rotatable bonds is 9. The van der Waals surface area contributed by atoms with E-state index in [1.807, 2.05) is 60.8 Å². The largest absolute Gasteiger partial charge is 0.452 e. The average Bonchev–Trinajstić information content (AvgIpc) is 3.66. The SMILES string of the molecule is O=c1cc(CNCCNc2ccnc3cc(Cl)ccc23)n(C2CC2)cc1Oc1ccccc1. The molecule has 0 aliphatic heterocycles. The minimum Gasteiger partial charge on any atom is -0.452 e. The van der Waals surface area contributed by atoms with E-state index in [2.05, 4.69) is 20.2 Å². The number of para-hydroxylation sites is 1. The molecule has 0 spiro atoms. The van der Waals surface area contributed by atoms with Crippen LogP contribution in [0.1, 0.15) is 24.6 Å². The smallest absolute Gasteiger partial charge is 0.224 e. The van der Waals surface area contributed by atoms with E-state index in [1.54, 1.807) is 12.3 Å². The van der Waals surface area contributed by atoms with Crippen LogP contribution in [0.3, 0.4) is 0 Å². The molecule has 0 atom stereocenters. The van der Waals surface area contributed by atoms with E-state index >= 15 is 0 Å². The van der Waals surface area contributed by atoms with Crippen LogP contribution in [-0.2, 0) is 6.54 Å². The fraction of sp³-hybridized carbons (Fsp3) is 0.231. The van der Waals surface area contributed by atoms with Crippen molar-refractivity contribution >= 4 is 28.2 Å². The third kappa shape index (κ3) is 5.18. The summed E-state index contributed by atoms with van der Waals surface area (Å²) in [6.07, 6.45) is 5.89. The van der Waals surface area contributed by atoms with Crippen molar-refractivity contribution in [1.29, 1.82) is 0 Å². The lowest BCUT2D eigenvalue weighted by atomic mass is 10.2. The summed E-state index contributed by atoms with van der Waals surface area (Å²) < 4.78 is 8.02. The van der Waals surface area contributed by atoms with Crippen LogP contribution >= 0.6 is 11.6 Å². The van der Waals surface area contributed by atoms with E-state index in [0.29, 0.717) is 29.1 Å². The fourth-order valence-electron chi connectivity index (χ4n) is 3.87. The quantitative estimate of drug-likeness (QED) is 0.328.